The molecule has 0 aromatic heterocycles. The van der Waals surface area contributed by atoms with Crippen molar-refractivity contribution in [3.05, 3.63) is 35.6 Å². The number of nitrogens with zero attached hydrogens (tertiary/aromatic N) is 1. The van der Waals surface area contributed by atoms with Crippen LogP contribution in [0.3, 0.4) is 0 Å². The first-order valence-corrected chi connectivity index (χ1v) is 6.96. The second kappa shape index (κ2) is 6.16. The van der Waals surface area contributed by atoms with Crippen LogP contribution in [0.5, 0.6) is 0 Å². The second-order valence-electron chi connectivity index (χ2n) is 4.34. The van der Waals surface area contributed by atoms with E-state index in [2.05, 4.69) is 0 Å². The number of carbonyl (C=O) groups excluding carboxylic acids is 2. The van der Waals surface area contributed by atoms with Crippen LogP contribution in [0, 0.1) is 5.82 Å². The maximum Gasteiger partial charge on any atom is 0.289 e. The Bertz CT molecular complexity index is 478. The molecule has 0 bridgehead atoms. The molecular weight excluding hydrogens is 267 g/mol. The number of nitrogens with two attached hydrogens (primary N) is 1. The summed E-state index contributed by atoms with van der Waals surface area (Å²) in [4.78, 5) is 25.0. The van der Waals surface area contributed by atoms with Crippen molar-refractivity contribution in [2.24, 2.45) is 5.73 Å². The van der Waals surface area contributed by atoms with Gasteiger partial charge in [-0.25, -0.2) is 4.39 Å². The van der Waals surface area contributed by atoms with Crippen molar-refractivity contribution < 1.29 is 14.0 Å². The Hall–Kier alpha value is -1.40. The van der Waals surface area contributed by atoms with Crippen molar-refractivity contribution >= 4 is 22.9 Å². The first kappa shape index (κ1) is 14.0. The lowest BCUT2D eigenvalue weighted by atomic mass is 10.1. The molecule has 1 saturated heterocycles. The van der Waals surface area contributed by atoms with Gasteiger partial charge in [-0.15, -0.1) is 0 Å². The van der Waals surface area contributed by atoms with Crippen LogP contribution in [0.1, 0.15) is 12.0 Å². The van der Waals surface area contributed by atoms with E-state index in [0.717, 1.165) is 17.3 Å². The molecule has 4 nitrogen and oxygen atoms in total. The van der Waals surface area contributed by atoms with Gasteiger partial charge in [0.15, 0.2) is 0 Å². The fourth-order valence-corrected chi connectivity index (χ4v) is 2.97. The number of hydrogen-bond donors (Lipinski definition) is 1. The first-order chi connectivity index (χ1) is 9.11. The molecule has 0 radical (unpaired) electrons. The molecule has 1 heterocycles. The zero-order valence-electron chi connectivity index (χ0n) is 10.3. The van der Waals surface area contributed by atoms with Gasteiger partial charge < -0.3 is 5.73 Å². The third-order valence-electron chi connectivity index (χ3n) is 2.93. The highest BCUT2D eigenvalue weighted by Gasteiger charge is 2.38. The van der Waals surface area contributed by atoms with Gasteiger partial charge >= 0.3 is 0 Å². The van der Waals surface area contributed by atoms with E-state index in [0.29, 0.717) is 25.9 Å². The van der Waals surface area contributed by atoms with Crippen molar-refractivity contribution in [2.75, 3.05) is 13.1 Å². The third kappa shape index (κ3) is 3.33. The molecule has 1 aliphatic rings. The minimum Gasteiger partial charge on any atom is -0.330 e. The van der Waals surface area contributed by atoms with Crippen molar-refractivity contribution in [1.82, 2.24) is 4.90 Å². The molecule has 6 heteroatoms. The highest BCUT2D eigenvalue weighted by atomic mass is 32.2. The number of rotatable bonds is 5. The molecule has 1 aromatic carbocycles. The molecule has 2 rings (SSSR count). The summed E-state index contributed by atoms with van der Waals surface area (Å²) in [6.45, 7) is 0.825. The highest BCUT2D eigenvalue weighted by molar-refractivity contribution is 8.15. The zero-order chi connectivity index (χ0) is 13.8. The first-order valence-electron chi connectivity index (χ1n) is 6.08. The predicted octanol–water partition coefficient (Wildman–Crippen LogP) is 1.78. The summed E-state index contributed by atoms with van der Waals surface area (Å²) in [6, 6.07) is 5.98. The standard InChI is InChI=1S/C13H15FN2O2S/c14-10-4-2-9(3-5-10)8-11-12(17)16(7-1-6-15)13(18)19-11/h2-5,11H,1,6-8,15H2. The molecule has 0 aliphatic carbocycles. The summed E-state index contributed by atoms with van der Waals surface area (Å²) in [5, 5.41) is -0.624. The Balaban J connectivity index is 2.00. The Morgan fingerprint density at radius 2 is 1.95 bits per heavy atom. The predicted molar refractivity (Wildman–Crippen MR) is 72.3 cm³/mol. The van der Waals surface area contributed by atoms with E-state index in [4.69, 9.17) is 5.73 Å². The van der Waals surface area contributed by atoms with Crippen LogP contribution in [0.2, 0.25) is 0 Å². The van der Waals surface area contributed by atoms with Gasteiger partial charge in [0.05, 0.1) is 5.25 Å². The normalized spacial score (nSPS) is 19.3. The fourth-order valence-electron chi connectivity index (χ4n) is 1.91. The smallest absolute Gasteiger partial charge is 0.289 e. The summed E-state index contributed by atoms with van der Waals surface area (Å²) in [5.41, 5.74) is 6.23. The monoisotopic (exact) mass is 282 g/mol. The molecule has 0 saturated carbocycles. The molecule has 102 valence electrons. The summed E-state index contributed by atoms with van der Waals surface area (Å²) in [7, 11) is 0. The van der Waals surface area contributed by atoms with E-state index >= 15 is 0 Å². The largest absolute Gasteiger partial charge is 0.330 e. The van der Waals surface area contributed by atoms with Gasteiger partial charge in [0, 0.05) is 6.54 Å². The van der Waals surface area contributed by atoms with Gasteiger partial charge in [0.25, 0.3) is 5.24 Å². The van der Waals surface area contributed by atoms with E-state index in [-0.39, 0.29) is 17.0 Å². The number of halogens is 1. The van der Waals surface area contributed by atoms with Crippen molar-refractivity contribution in [2.45, 2.75) is 18.1 Å². The van der Waals surface area contributed by atoms with E-state index in [1.807, 2.05) is 0 Å². The van der Waals surface area contributed by atoms with Crippen LogP contribution in [0.15, 0.2) is 24.3 Å². The van der Waals surface area contributed by atoms with Gasteiger partial charge in [0.2, 0.25) is 5.91 Å². The minimum absolute atomic E-state index is 0.173. The molecule has 1 aromatic rings. The maximum absolute atomic E-state index is 12.8. The SMILES string of the molecule is NCCCN1C(=O)SC(Cc2ccc(F)cc2)C1=O. The zero-order valence-corrected chi connectivity index (χ0v) is 11.2. The second-order valence-corrected chi connectivity index (χ2v) is 5.49. The van der Waals surface area contributed by atoms with Gasteiger partial charge in [-0.05, 0) is 37.1 Å². The molecule has 2 amide bonds. The number of imide groups is 1. The highest BCUT2D eigenvalue weighted by Crippen LogP contribution is 2.29. The van der Waals surface area contributed by atoms with E-state index < -0.39 is 5.25 Å². The molecule has 1 unspecified atom stereocenters. The average molecular weight is 282 g/mol. The van der Waals surface area contributed by atoms with Crippen LogP contribution < -0.4 is 5.73 Å². The van der Waals surface area contributed by atoms with Gasteiger partial charge in [-0.1, -0.05) is 23.9 Å². The topological polar surface area (TPSA) is 63.4 Å². The van der Waals surface area contributed by atoms with Crippen molar-refractivity contribution in [3.63, 3.8) is 0 Å². The molecular formula is C13H15FN2O2S. The maximum atomic E-state index is 12.8. The van der Waals surface area contributed by atoms with Crippen LogP contribution in [0.4, 0.5) is 9.18 Å². The quantitative estimate of drug-likeness (QED) is 0.894. The number of benzene rings is 1. The Morgan fingerprint density at radius 3 is 2.58 bits per heavy atom. The Kier molecular flexibility index (Phi) is 4.55. The average Bonchev–Trinajstić information content (AvgIpc) is 2.65. The summed E-state index contributed by atoms with van der Waals surface area (Å²) >= 11 is 1.03. The molecule has 1 atom stereocenters. The minimum atomic E-state index is -0.407. The lowest BCUT2D eigenvalue weighted by Crippen LogP contribution is -2.33. The van der Waals surface area contributed by atoms with E-state index in [9.17, 15) is 14.0 Å². The van der Waals surface area contributed by atoms with E-state index in [1.165, 1.54) is 17.0 Å². The van der Waals surface area contributed by atoms with Crippen LogP contribution in [0.25, 0.3) is 0 Å². The van der Waals surface area contributed by atoms with Gasteiger partial charge in [-0.3, -0.25) is 14.5 Å². The number of amides is 2. The molecule has 0 spiro atoms. The lowest BCUT2D eigenvalue weighted by molar-refractivity contribution is -0.126. The number of hydrogen-bond acceptors (Lipinski definition) is 4. The van der Waals surface area contributed by atoms with Gasteiger partial charge in [-0.2, -0.15) is 0 Å². The van der Waals surface area contributed by atoms with Crippen molar-refractivity contribution in [1.29, 1.82) is 0 Å². The lowest BCUT2D eigenvalue weighted by Gasteiger charge is -2.12. The van der Waals surface area contributed by atoms with Crippen LogP contribution in [-0.4, -0.2) is 34.4 Å². The molecule has 19 heavy (non-hydrogen) atoms. The van der Waals surface area contributed by atoms with Gasteiger partial charge in [0.1, 0.15) is 5.82 Å². The van der Waals surface area contributed by atoms with E-state index in [1.54, 1.807) is 12.1 Å². The fraction of sp³-hybridized carbons (Fsp3) is 0.385. The number of carbonyl (C=O) groups is 2. The third-order valence-corrected chi connectivity index (χ3v) is 4.00. The van der Waals surface area contributed by atoms with Crippen LogP contribution in [-0.2, 0) is 11.2 Å². The molecule has 2 N–H and O–H groups in total. The summed E-state index contributed by atoms with van der Waals surface area (Å²) in [5.74, 6) is -0.484. The summed E-state index contributed by atoms with van der Waals surface area (Å²) < 4.78 is 12.8. The Morgan fingerprint density at radius 1 is 1.26 bits per heavy atom. The molecule has 1 fully saturated rings. The van der Waals surface area contributed by atoms with Crippen molar-refractivity contribution in [3.8, 4) is 0 Å². The molecule has 1 aliphatic heterocycles. The Labute approximate surface area is 115 Å². The summed E-state index contributed by atoms with van der Waals surface area (Å²) in [6.07, 6.45) is 1.05. The van der Waals surface area contributed by atoms with Crippen LogP contribution >= 0.6 is 11.8 Å². The number of thioether (sulfide) groups is 1.